The lowest BCUT2D eigenvalue weighted by molar-refractivity contribution is 0.290. The number of nitrogens with two attached hydrogens (primary N) is 1. The van der Waals surface area contributed by atoms with Gasteiger partial charge in [0, 0.05) is 25.7 Å². The summed E-state index contributed by atoms with van der Waals surface area (Å²) < 4.78 is 27.2. The van der Waals surface area contributed by atoms with Crippen LogP contribution in [0.2, 0.25) is 0 Å². The molecule has 1 saturated heterocycles. The fourth-order valence-corrected chi connectivity index (χ4v) is 4.41. The number of nitrogens with zero attached hydrogens (tertiary/aromatic N) is 2. The van der Waals surface area contributed by atoms with E-state index in [1.807, 2.05) is 20.0 Å². The Morgan fingerprint density at radius 2 is 2.10 bits per heavy atom. The minimum atomic E-state index is -3.44. The number of likely N-dealkylation sites (N-methyl/N-ethyl adjacent to an activating group) is 1. The van der Waals surface area contributed by atoms with Gasteiger partial charge in [0.15, 0.2) is 0 Å². The van der Waals surface area contributed by atoms with Crippen molar-refractivity contribution in [3.63, 3.8) is 0 Å². The molecule has 0 spiro atoms. The van der Waals surface area contributed by atoms with E-state index in [1.54, 1.807) is 22.5 Å². The second-order valence-electron chi connectivity index (χ2n) is 5.43. The van der Waals surface area contributed by atoms with Crippen LogP contribution < -0.4 is 5.73 Å². The smallest absolute Gasteiger partial charge is 0.243 e. The van der Waals surface area contributed by atoms with E-state index in [0.29, 0.717) is 18.0 Å². The predicted octanol–water partition coefficient (Wildman–Crippen LogP) is 0.860. The Labute approximate surface area is 121 Å². The summed E-state index contributed by atoms with van der Waals surface area (Å²) in [5.41, 5.74) is 6.43. The van der Waals surface area contributed by atoms with Crippen LogP contribution in [0.1, 0.15) is 18.9 Å². The summed E-state index contributed by atoms with van der Waals surface area (Å²) in [5, 5.41) is 0. The van der Waals surface area contributed by atoms with Gasteiger partial charge in [-0.3, -0.25) is 0 Å². The molecular formula is C14H23N3O2S. The highest BCUT2D eigenvalue weighted by atomic mass is 32.2. The molecule has 0 bridgehead atoms. The number of benzene rings is 1. The Morgan fingerprint density at radius 1 is 1.35 bits per heavy atom. The minimum Gasteiger partial charge on any atom is -0.326 e. The number of rotatable bonds is 3. The molecule has 1 fully saturated rings. The van der Waals surface area contributed by atoms with Crippen molar-refractivity contribution in [1.29, 1.82) is 0 Å². The zero-order chi connectivity index (χ0) is 14.8. The molecule has 1 aromatic carbocycles. The molecule has 1 unspecified atom stereocenters. The molecule has 0 radical (unpaired) electrons. The molecule has 1 heterocycles. The van der Waals surface area contributed by atoms with E-state index >= 15 is 0 Å². The topological polar surface area (TPSA) is 66.6 Å². The average Bonchev–Trinajstić information content (AvgIpc) is 2.59. The van der Waals surface area contributed by atoms with Crippen LogP contribution >= 0.6 is 0 Å². The van der Waals surface area contributed by atoms with Gasteiger partial charge in [0.05, 0.1) is 4.90 Å². The second kappa shape index (κ2) is 6.22. The van der Waals surface area contributed by atoms with Crippen molar-refractivity contribution in [3.8, 4) is 0 Å². The van der Waals surface area contributed by atoms with E-state index in [4.69, 9.17) is 5.73 Å². The maximum atomic E-state index is 12.8. The molecule has 2 rings (SSSR count). The van der Waals surface area contributed by atoms with Crippen molar-refractivity contribution in [1.82, 2.24) is 9.21 Å². The first-order valence-corrected chi connectivity index (χ1v) is 8.38. The molecule has 0 aromatic heterocycles. The normalized spacial score (nSPS) is 22.6. The summed E-state index contributed by atoms with van der Waals surface area (Å²) in [7, 11) is -1.41. The highest BCUT2D eigenvalue weighted by Gasteiger charge is 2.31. The highest BCUT2D eigenvalue weighted by Crippen LogP contribution is 2.21. The first-order chi connectivity index (χ1) is 9.45. The molecule has 1 aliphatic heterocycles. The Bertz CT molecular complexity index is 559. The van der Waals surface area contributed by atoms with Gasteiger partial charge in [-0.15, -0.1) is 0 Å². The lowest BCUT2D eigenvalue weighted by Gasteiger charge is -2.27. The molecule has 112 valence electrons. The molecule has 1 atom stereocenters. The van der Waals surface area contributed by atoms with Crippen LogP contribution in [0.3, 0.4) is 0 Å². The molecule has 0 saturated carbocycles. The lowest BCUT2D eigenvalue weighted by atomic mass is 10.2. The van der Waals surface area contributed by atoms with Crippen LogP contribution in [0.15, 0.2) is 29.2 Å². The quantitative estimate of drug-likeness (QED) is 0.898. The third-order valence-corrected chi connectivity index (χ3v) is 5.74. The lowest BCUT2D eigenvalue weighted by Crippen LogP contribution is -2.41. The van der Waals surface area contributed by atoms with E-state index in [9.17, 15) is 8.42 Å². The highest BCUT2D eigenvalue weighted by molar-refractivity contribution is 7.89. The summed E-state index contributed by atoms with van der Waals surface area (Å²) in [5.74, 6) is 0. The average molecular weight is 297 g/mol. The van der Waals surface area contributed by atoms with Gasteiger partial charge >= 0.3 is 0 Å². The van der Waals surface area contributed by atoms with Gasteiger partial charge in [-0.05, 0) is 44.6 Å². The summed E-state index contributed by atoms with van der Waals surface area (Å²) >= 11 is 0. The molecule has 20 heavy (non-hydrogen) atoms. The van der Waals surface area contributed by atoms with E-state index in [-0.39, 0.29) is 6.04 Å². The predicted molar refractivity (Wildman–Crippen MR) is 79.8 cm³/mol. The zero-order valence-corrected chi connectivity index (χ0v) is 12.9. The van der Waals surface area contributed by atoms with Crippen LogP contribution in [0.5, 0.6) is 0 Å². The van der Waals surface area contributed by atoms with Crippen LogP contribution in [-0.4, -0.2) is 50.3 Å². The molecular weight excluding hydrogens is 274 g/mol. The SMILES string of the molecule is CC1CN(C)CCCN1S(=O)(=O)c1cccc(CN)c1. The molecule has 5 nitrogen and oxygen atoms in total. The van der Waals surface area contributed by atoms with Crippen molar-refractivity contribution >= 4 is 10.0 Å². The Kier molecular flexibility index (Phi) is 4.80. The Hall–Kier alpha value is -0.950. The van der Waals surface area contributed by atoms with Gasteiger partial charge in [-0.2, -0.15) is 4.31 Å². The summed E-state index contributed by atoms with van der Waals surface area (Å²) in [6, 6.07) is 6.91. The van der Waals surface area contributed by atoms with E-state index in [2.05, 4.69) is 4.90 Å². The fraction of sp³-hybridized carbons (Fsp3) is 0.571. The molecule has 6 heteroatoms. The van der Waals surface area contributed by atoms with Gasteiger partial charge in [-0.1, -0.05) is 12.1 Å². The monoisotopic (exact) mass is 297 g/mol. The van der Waals surface area contributed by atoms with Crippen LogP contribution in [0, 0.1) is 0 Å². The van der Waals surface area contributed by atoms with Crippen molar-refractivity contribution in [3.05, 3.63) is 29.8 Å². The first kappa shape index (κ1) is 15.4. The third-order valence-electron chi connectivity index (χ3n) is 3.73. The van der Waals surface area contributed by atoms with Gasteiger partial charge in [0.1, 0.15) is 0 Å². The van der Waals surface area contributed by atoms with Gasteiger partial charge in [0.2, 0.25) is 10.0 Å². The first-order valence-electron chi connectivity index (χ1n) is 6.94. The van der Waals surface area contributed by atoms with E-state index in [1.165, 1.54) is 0 Å². The Morgan fingerprint density at radius 3 is 2.80 bits per heavy atom. The second-order valence-corrected chi connectivity index (χ2v) is 7.32. The van der Waals surface area contributed by atoms with Crippen molar-refractivity contribution in [2.24, 2.45) is 5.73 Å². The van der Waals surface area contributed by atoms with Crippen molar-refractivity contribution in [2.75, 3.05) is 26.7 Å². The summed E-state index contributed by atoms with van der Waals surface area (Å²) in [6.07, 6.45) is 0.858. The fourth-order valence-electron chi connectivity index (χ4n) is 2.68. The molecule has 0 aliphatic carbocycles. The molecule has 1 aromatic rings. The van der Waals surface area contributed by atoms with Crippen LogP contribution in [-0.2, 0) is 16.6 Å². The maximum Gasteiger partial charge on any atom is 0.243 e. The van der Waals surface area contributed by atoms with E-state index < -0.39 is 10.0 Å². The number of sulfonamides is 1. The summed E-state index contributed by atoms with van der Waals surface area (Å²) in [4.78, 5) is 2.52. The minimum absolute atomic E-state index is 0.0194. The number of hydrogen-bond acceptors (Lipinski definition) is 4. The molecule has 0 amide bonds. The maximum absolute atomic E-state index is 12.8. The molecule has 1 aliphatic rings. The van der Waals surface area contributed by atoms with E-state index in [0.717, 1.165) is 25.1 Å². The van der Waals surface area contributed by atoms with Crippen molar-refractivity contribution in [2.45, 2.75) is 30.8 Å². The van der Waals surface area contributed by atoms with Crippen LogP contribution in [0.4, 0.5) is 0 Å². The van der Waals surface area contributed by atoms with Crippen molar-refractivity contribution < 1.29 is 8.42 Å². The standard InChI is InChI=1S/C14H23N3O2S/c1-12-11-16(2)7-4-8-17(12)20(18,19)14-6-3-5-13(9-14)10-15/h3,5-6,9,12H,4,7-8,10-11,15H2,1-2H3. The Balaban J connectivity index is 2.33. The van der Waals surface area contributed by atoms with Gasteiger partial charge < -0.3 is 10.6 Å². The van der Waals surface area contributed by atoms with Crippen LogP contribution in [0.25, 0.3) is 0 Å². The van der Waals surface area contributed by atoms with Gasteiger partial charge in [0.25, 0.3) is 0 Å². The third kappa shape index (κ3) is 3.20. The van der Waals surface area contributed by atoms with Gasteiger partial charge in [-0.25, -0.2) is 8.42 Å². The molecule has 2 N–H and O–H groups in total. The zero-order valence-electron chi connectivity index (χ0n) is 12.1. The largest absolute Gasteiger partial charge is 0.326 e. The number of hydrogen-bond donors (Lipinski definition) is 1. The summed E-state index contributed by atoms with van der Waals surface area (Å²) in [6.45, 7) is 4.57.